The van der Waals surface area contributed by atoms with Gasteiger partial charge in [0.2, 0.25) is 0 Å². The summed E-state index contributed by atoms with van der Waals surface area (Å²) < 4.78 is -0.211. The molecule has 2 aliphatic heterocycles. The Kier molecular flexibility index (Phi) is 2.96. The molecule has 3 rings (SSSR count). The minimum absolute atomic E-state index is 0.211. The van der Waals surface area contributed by atoms with Gasteiger partial charge >= 0.3 is 6.09 Å². The van der Waals surface area contributed by atoms with E-state index in [-0.39, 0.29) is 4.75 Å². The third kappa shape index (κ3) is 2.09. The van der Waals surface area contributed by atoms with Crippen molar-refractivity contribution in [2.24, 2.45) is 10.1 Å². The first-order valence-electron chi connectivity index (χ1n) is 6.54. The van der Waals surface area contributed by atoms with Crippen LogP contribution in [0.1, 0.15) is 33.1 Å². The van der Waals surface area contributed by atoms with Crippen LogP contribution in [-0.4, -0.2) is 45.9 Å². The summed E-state index contributed by atoms with van der Waals surface area (Å²) in [6.45, 7) is 4.16. The molecule has 3 aliphatic rings. The number of oxime groups is 1. The first-order chi connectivity index (χ1) is 9.01. The fourth-order valence-electron chi connectivity index (χ4n) is 2.85. The van der Waals surface area contributed by atoms with Gasteiger partial charge < -0.3 is 10.2 Å². The van der Waals surface area contributed by atoms with E-state index in [1.165, 1.54) is 7.05 Å². The molecule has 6 nitrogen and oxygen atoms in total. The van der Waals surface area contributed by atoms with Gasteiger partial charge in [0.1, 0.15) is 0 Å². The van der Waals surface area contributed by atoms with E-state index in [0.29, 0.717) is 12.1 Å². The molecule has 2 fully saturated rings. The molecule has 1 N–H and O–H groups in total. The zero-order chi connectivity index (χ0) is 13.6. The highest BCUT2D eigenvalue weighted by Crippen LogP contribution is 2.45. The molecule has 1 saturated carbocycles. The highest BCUT2D eigenvalue weighted by Gasteiger charge is 2.50. The molecule has 19 heavy (non-hydrogen) atoms. The van der Waals surface area contributed by atoms with Gasteiger partial charge in [0, 0.05) is 13.1 Å². The second-order valence-electron chi connectivity index (χ2n) is 5.56. The summed E-state index contributed by atoms with van der Waals surface area (Å²) >= 11 is 1.70. The molecular weight excluding hydrogens is 264 g/mol. The first-order valence-corrected chi connectivity index (χ1v) is 7.36. The van der Waals surface area contributed by atoms with E-state index in [2.05, 4.69) is 29.2 Å². The van der Waals surface area contributed by atoms with Crippen LogP contribution in [0.25, 0.3) is 0 Å². The van der Waals surface area contributed by atoms with Crippen molar-refractivity contribution in [3.05, 3.63) is 0 Å². The third-order valence-electron chi connectivity index (χ3n) is 3.77. The predicted molar refractivity (Wildman–Crippen MR) is 75.3 cm³/mol. The monoisotopic (exact) mass is 282 g/mol. The van der Waals surface area contributed by atoms with E-state index in [1.54, 1.807) is 11.8 Å². The van der Waals surface area contributed by atoms with Crippen molar-refractivity contribution in [2.45, 2.75) is 49.9 Å². The Balaban J connectivity index is 1.91. The van der Waals surface area contributed by atoms with Gasteiger partial charge in [0.25, 0.3) is 0 Å². The van der Waals surface area contributed by atoms with E-state index in [0.717, 1.165) is 30.3 Å². The van der Waals surface area contributed by atoms with Gasteiger partial charge in [-0.15, -0.1) is 0 Å². The number of hydrogen-bond donors (Lipinski definition) is 1. The van der Waals surface area contributed by atoms with Crippen LogP contribution in [0.2, 0.25) is 0 Å². The van der Waals surface area contributed by atoms with Crippen LogP contribution in [0, 0.1) is 0 Å². The van der Waals surface area contributed by atoms with Gasteiger partial charge in [-0.25, -0.2) is 4.79 Å². The Morgan fingerprint density at radius 2 is 2.37 bits per heavy atom. The van der Waals surface area contributed by atoms with Gasteiger partial charge in [0.05, 0.1) is 10.8 Å². The van der Waals surface area contributed by atoms with Crippen LogP contribution in [0.15, 0.2) is 10.1 Å². The normalized spacial score (nSPS) is 33.1. The van der Waals surface area contributed by atoms with Crippen LogP contribution in [-0.2, 0) is 4.84 Å². The molecule has 0 spiro atoms. The summed E-state index contributed by atoms with van der Waals surface area (Å²) in [4.78, 5) is 23.0. The number of nitrogens with one attached hydrogen (secondary N) is 1. The molecule has 0 aromatic heterocycles. The summed E-state index contributed by atoms with van der Waals surface area (Å²) in [5.41, 5.74) is 0. The molecule has 2 atom stereocenters. The Morgan fingerprint density at radius 3 is 3.11 bits per heavy atom. The van der Waals surface area contributed by atoms with E-state index < -0.39 is 6.09 Å². The molecule has 1 amide bonds. The number of rotatable bonds is 1. The molecule has 2 unspecified atom stereocenters. The number of carbonyl (C=O) groups excluding carboxylic acids is 1. The van der Waals surface area contributed by atoms with Crippen LogP contribution >= 0.6 is 11.8 Å². The maximum absolute atomic E-state index is 11.2. The summed E-state index contributed by atoms with van der Waals surface area (Å²) in [5, 5.41) is 7.51. The van der Waals surface area contributed by atoms with Gasteiger partial charge in [-0.2, -0.15) is 0 Å². The SMILES string of the molecule is CNC(=O)ON=C1N2C(=NC3CCC2C3)SC1(C)C. The maximum atomic E-state index is 11.2. The average molecular weight is 282 g/mol. The summed E-state index contributed by atoms with van der Waals surface area (Å²) in [6.07, 6.45) is 2.82. The van der Waals surface area contributed by atoms with Crippen molar-refractivity contribution in [3.63, 3.8) is 0 Å². The van der Waals surface area contributed by atoms with Crippen molar-refractivity contribution in [3.8, 4) is 0 Å². The molecule has 1 saturated heterocycles. The zero-order valence-electron chi connectivity index (χ0n) is 11.3. The smallest absolute Gasteiger partial charge is 0.323 e. The van der Waals surface area contributed by atoms with Crippen molar-refractivity contribution < 1.29 is 9.63 Å². The topological polar surface area (TPSA) is 66.3 Å². The van der Waals surface area contributed by atoms with Crippen molar-refractivity contribution in [1.29, 1.82) is 0 Å². The number of thioether (sulfide) groups is 1. The largest absolute Gasteiger partial charge is 0.433 e. The third-order valence-corrected chi connectivity index (χ3v) is 4.95. The molecular formula is C12H18N4O2S. The van der Waals surface area contributed by atoms with Crippen LogP contribution in [0.4, 0.5) is 4.79 Å². The van der Waals surface area contributed by atoms with E-state index >= 15 is 0 Å². The molecule has 104 valence electrons. The molecule has 7 heteroatoms. The van der Waals surface area contributed by atoms with E-state index in [9.17, 15) is 4.79 Å². The standard InChI is InChI=1S/C12H18N4O2S/c1-12(2)9(15-18-11(17)13-3)16-8-5-4-7(6-8)14-10(16)19-12/h7-8H,4-6H2,1-3H3,(H,13,17). The number of carbonyl (C=O) groups is 1. The number of aliphatic imine (C=N–C) groups is 1. The molecule has 0 aromatic rings. The number of nitrogens with zero attached hydrogens (tertiary/aromatic N) is 3. The molecule has 0 radical (unpaired) electrons. The Labute approximate surface area is 116 Å². The lowest BCUT2D eigenvalue weighted by atomic mass is 10.1. The number of hydrogen-bond acceptors (Lipinski definition) is 5. The molecule has 2 heterocycles. The lowest BCUT2D eigenvalue weighted by Crippen LogP contribution is -2.44. The summed E-state index contributed by atoms with van der Waals surface area (Å²) in [7, 11) is 1.52. The fourth-order valence-corrected chi connectivity index (χ4v) is 4.07. The summed E-state index contributed by atoms with van der Waals surface area (Å²) in [5.74, 6) is 0.796. The Hall–Kier alpha value is -1.24. The zero-order valence-corrected chi connectivity index (χ0v) is 12.2. The predicted octanol–water partition coefficient (Wildman–Crippen LogP) is 1.77. The van der Waals surface area contributed by atoms with Crippen molar-refractivity contribution >= 4 is 28.9 Å². The second kappa shape index (κ2) is 4.40. The maximum Gasteiger partial charge on any atom is 0.433 e. The van der Waals surface area contributed by atoms with Gasteiger partial charge in [-0.05, 0) is 33.1 Å². The first kappa shape index (κ1) is 12.8. The van der Waals surface area contributed by atoms with Crippen LogP contribution in [0.5, 0.6) is 0 Å². The number of fused-ring (bicyclic) bond motifs is 4. The van der Waals surface area contributed by atoms with Gasteiger partial charge in [-0.3, -0.25) is 9.83 Å². The quantitative estimate of drug-likeness (QED) is 0.588. The van der Waals surface area contributed by atoms with Crippen molar-refractivity contribution in [2.75, 3.05) is 7.05 Å². The van der Waals surface area contributed by atoms with Gasteiger partial charge in [0.15, 0.2) is 11.0 Å². The Morgan fingerprint density at radius 1 is 1.58 bits per heavy atom. The second-order valence-corrected chi connectivity index (χ2v) is 7.15. The minimum Gasteiger partial charge on any atom is -0.323 e. The highest BCUT2D eigenvalue weighted by molar-refractivity contribution is 8.16. The fraction of sp³-hybridized carbons (Fsp3) is 0.750. The molecule has 0 aromatic carbocycles. The average Bonchev–Trinajstić information content (AvgIpc) is 2.85. The number of amides is 1. The van der Waals surface area contributed by atoms with Crippen LogP contribution in [0.3, 0.4) is 0 Å². The number of amidine groups is 2. The molecule has 1 aliphatic carbocycles. The lowest BCUT2D eigenvalue weighted by molar-refractivity contribution is 0.150. The minimum atomic E-state index is -0.542. The highest BCUT2D eigenvalue weighted by atomic mass is 32.2. The molecule has 2 bridgehead atoms. The van der Waals surface area contributed by atoms with Crippen molar-refractivity contribution in [1.82, 2.24) is 10.2 Å². The Bertz CT molecular complexity index is 474. The van der Waals surface area contributed by atoms with E-state index in [1.807, 2.05) is 0 Å². The van der Waals surface area contributed by atoms with Gasteiger partial charge in [-0.1, -0.05) is 16.9 Å². The van der Waals surface area contributed by atoms with Crippen LogP contribution < -0.4 is 5.32 Å². The van der Waals surface area contributed by atoms with E-state index in [4.69, 9.17) is 9.83 Å². The lowest BCUT2D eigenvalue weighted by Gasteiger charge is -2.29. The summed E-state index contributed by atoms with van der Waals surface area (Å²) in [6, 6.07) is 0.928.